The second kappa shape index (κ2) is 5.06. The number of carboxylic acids is 1. The number of nitrogens with zero attached hydrogens (tertiary/aromatic N) is 1. The first-order valence-electron chi connectivity index (χ1n) is 6.28. The van der Waals surface area contributed by atoms with Crippen LogP contribution in [0.5, 0.6) is 0 Å². The van der Waals surface area contributed by atoms with Crippen molar-refractivity contribution in [1.29, 1.82) is 0 Å². The first-order valence-corrected chi connectivity index (χ1v) is 6.28. The number of amides is 2. The van der Waals surface area contributed by atoms with Gasteiger partial charge in [0.25, 0.3) is 11.8 Å². The van der Waals surface area contributed by atoms with Gasteiger partial charge < -0.3 is 9.84 Å². The van der Waals surface area contributed by atoms with Gasteiger partial charge in [0.1, 0.15) is 12.2 Å². The Balaban J connectivity index is 2.09. The van der Waals surface area contributed by atoms with Gasteiger partial charge in [0, 0.05) is 6.54 Å². The highest BCUT2D eigenvalue weighted by Gasteiger charge is 2.47. The van der Waals surface area contributed by atoms with Crippen LogP contribution in [-0.2, 0) is 19.1 Å². The minimum atomic E-state index is -0.962. The van der Waals surface area contributed by atoms with Crippen LogP contribution in [0.4, 0.5) is 0 Å². The first kappa shape index (κ1) is 13.0. The molecule has 2 aliphatic rings. The number of carbonyl (C=O) groups excluding carboxylic acids is 2. The molecule has 3 unspecified atom stereocenters. The molecule has 0 radical (unpaired) electrons. The van der Waals surface area contributed by atoms with E-state index >= 15 is 0 Å². The van der Waals surface area contributed by atoms with Crippen molar-refractivity contribution in [2.75, 3.05) is 6.54 Å². The standard InChI is InChI=1S/C12H17NO5/c1-2-3-7(12(16)17)6-13-10(14)8-4-5-9(18-8)11(13)15/h7-9H,2-6H2,1H3,(H,16,17). The van der Waals surface area contributed by atoms with Gasteiger partial charge in [0.2, 0.25) is 0 Å². The van der Waals surface area contributed by atoms with Gasteiger partial charge in [-0.25, -0.2) is 0 Å². The summed E-state index contributed by atoms with van der Waals surface area (Å²) in [5, 5.41) is 9.07. The predicted octanol–water partition coefficient (Wildman–Crippen LogP) is 0.404. The third-order valence-electron chi connectivity index (χ3n) is 3.49. The number of morpholine rings is 1. The van der Waals surface area contributed by atoms with Crippen molar-refractivity contribution in [2.24, 2.45) is 5.92 Å². The van der Waals surface area contributed by atoms with Gasteiger partial charge in [0.05, 0.1) is 5.92 Å². The summed E-state index contributed by atoms with van der Waals surface area (Å²) in [5.41, 5.74) is 0. The third kappa shape index (κ3) is 2.25. The zero-order valence-electron chi connectivity index (χ0n) is 10.3. The molecular formula is C12H17NO5. The van der Waals surface area contributed by atoms with E-state index in [1.807, 2.05) is 6.92 Å². The summed E-state index contributed by atoms with van der Waals surface area (Å²) in [6.07, 6.45) is 1.17. The maximum absolute atomic E-state index is 11.9. The van der Waals surface area contributed by atoms with Gasteiger partial charge in [-0.1, -0.05) is 13.3 Å². The molecule has 2 fully saturated rings. The lowest BCUT2D eigenvalue weighted by molar-refractivity contribution is -0.170. The molecule has 2 amide bonds. The van der Waals surface area contributed by atoms with Crippen molar-refractivity contribution >= 4 is 17.8 Å². The van der Waals surface area contributed by atoms with Crippen LogP contribution in [0.25, 0.3) is 0 Å². The molecule has 2 heterocycles. The SMILES string of the molecule is CCCC(CN1C(=O)C2CCC(O2)C1=O)C(=O)O. The number of imide groups is 1. The Kier molecular flexibility index (Phi) is 3.65. The number of fused-ring (bicyclic) bond motifs is 2. The number of hydrogen-bond donors (Lipinski definition) is 1. The van der Waals surface area contributed by atoms with E-state index in [4.69, 9.17) is 9.84 Å². The minimum absolute atomic E-state index is 0.0306. The highest BCUT2D eigenvalue weighted by Crippen LogP contribution is 2.29. The zero-order chi connectivity index (χ0) is 13.3. The molecule has 3 atom stereocenters. The minimum Gasteiger partial charge on any atom is -0.481 e. The summed E-state index contributed by atoms with van der Waals surface area (Å²) in [6, 6.07) is 0. The Labute approximate surface area is 105 Å². The molecule has 0 spiro atoms. The highest BCUT2D eigenvalue weighted by atomic mass is 16.5. The van der Waals surface area contributed by atoms with E-state index in [1.54, 1.807) is 0 Å². The molecule has 2 aliphatic heterocycles. The summed E-state index contributed by atoms with van der Waals surface area (Å²) in [4.78, 5) is 36.0. The van der Waals surface area contributed by atoms with Crippen LogP contribution in [0.3, 0.4) is 0 Å². The summed E-state index contributed by atoms with van der Waals surface area (Å²) in [5.74, 6) is -2.40. The quantitative estimate of drug-likeness (QED) is 0.719. The maximum atomic E-state index is 11.9. The third-order valence-corrected chi connectivity index (χ3v) is 3.49. The van der Waals surface area contributed by atoms with Gasteiger partial charge in [-0.3, -0.25) is 19.3 Å². The summed E-state index contributed by atoms with van der Waals surface area (Å²) in [6.45, 7) is 1.85. The van der Waals surface area contributed by atoms with Crippen LogP contribution in [0.1, 0.15) is 32.6 Å². The van der Waals surface area contributed by atoms with E-state index in [0.717, 1.165) is 4.90 Å². The van der Waals surface area contributed by atoms with Crippen molar-refractivity contribution in [3.05, 3.63) is 0 Å². The highest BCUT2D eigenvalue weighted by molar-refractivity contribution is 6.02. The number of aliphatic carboxylic acids is 1. The van der Waals surface area contributed by atoms with Crippen molar-refractivity contribution < 1.29 is 24.2 Å². The van der Waals surface area contributed by atoms with Crippen LogP contribution in [0.2, 0.25) is 0 Å². The average molecular weight is 255 g/mol. The molecular weight excluding hydrogens is 238 g/mol. The van der Waals surface area contributed by atoms with Gasteiger partial charge in [-0.15, -0.1) is 0 Å². The number of carboxylic acid groups (broad SMARTS) is 1. The first-order chi connectivity index (χ1) is 8.54. The Morgan fingerprint density at radius 2 is 1.94 bits per heavy atom. The average Bonchev–Trinajstić information content (AvgIpc) is 2.77. The summed E-state index contributed by atoms with van der Waals surface area (Å²) >= 11 is 0. The lowest BCUT2D eigenvalue weighted by atomic mass is 10.0. The van der Waals surface area contributed by atoms with E-state index in [2.05, 4.69) is 0 Å². The topological polar surface area (TPSA) is 83.9 Å². The van der Waals surface area contributed by atoms with Crippen LogP contribution >= 0.6 is 0 Å². The smallest absolute Gasteiger partial charge is 0.308 e. The summed E-state index contributed by atoms with van der Waals surface area (Å²) < 4.78 is 5.27. The van der Waals surface area contributed by atoms with Crippen LogP contribution in [0.15, 0.2) is 0 Å². The Bertz CT molecular complexity index is 359. The number of likely N-dealkylation sites (tertiary alicyclic amines) is 1. The fourth-order valence-electron chi connectivity index (χ4n) is 2.50. The number of hydrogen-bond acceptors (Lipinski definition) is 4. The molecule has 0 aliphatic carbocycles. The Morgan fingerprint density at radius 1 is 1.39 bits per heavy atom. The van der Waals surface area contributed by atoms with Gasteiger partial charge in [-0.05, 0) is 19.3 Å². The van der Waals surface area contributed by atoms with E-state index in [-0.39, 0.29) is 18.4 Å². The maximum Gasteiger partial charge on any atom is 0.308 e. The zero-order valence-corrected chi connectivity index (χ0v) is 10.3. The number of carbonyl (C=O) groups is 3. The van der Waals surface area contributed by atoms with Gasteiger partial charge in [-0.2, -0.15) is 0 Å². The van der Waals surface area contributed by atoms with Crippen molar-refractivity contribution in [2.45, 2.75) is 44.8 Å². The lowest BCUT2D eigenvalue weighted by Crippen LogP contribution is -2.53. The summed E-state index contributed by atoms with van der Waals surface area (Å²) in [7, 11) is 0. The molecule has 0 saturated carbocycles. The van der Waals surface area contributed by atoms with Crippen molar-refractivity contribution in [1.82, 2.24) is 4.90 Å². The molecule has 1 N–H and O–H groups in total. The van der Waals surface area contributed by atoms with Crippen LogP contribution in [0, 0.1) is 5.92 Å². The second-order valence-electron chi connectivity index (χ2n) is 4.80. The van der Waals surface area contributed by atoms with E-state index in [0.29, 0.717) is 25.7 Å². The van der Waals surface area contributed by atoms with Crippen molar-refractivity contribution in [3.8, 4) is 0 Å². The molecule has 2 saturated heterocycles. The second-order valence-corrected chi connectivity index (χ2v) is 4.80. The molecule has 0 aromatic heterocycles. The molecule has 2 bridgehead atoms. The van der Waals surface area contributed by atoms with E-state index in [9.17, 15) is 14.4 Å². The fourth-order valence-corrected chi connectivity index (χ4v) is 2.50. The molecule has 6 nitrogen and oxygen atoms in total. The van der Waals surface area contributed by atoms with Gasteiger partial charge >= 0.3 is 5.97 Å². The fraction of sp³-hybridized carbons (Fsp3) is 0.750. The van der Waals surface area contributed by atoms with Crippen LogP contribution < -0.4 is 0 Å². The molecule has 6 heteroatoms. The Morgan fingerprint density at radius 3 is 2.39 bits per heavy atom. The van der Waals surface area contributed by atoms with Gasteiger partial charge in [0.15, 0.2) is 0 Å². The number of ether oxygens (including phenoxy) is 1. The monoisotopic (exact) mass is 255 g/mol. The van der Waals surface area contributed by atoms with Crippen molar-refractivity contribution in [3.63, 3.8) is 0 Å². The van der Waals surface area contributed by atoms with E-state index < -0.39 is 24.1 Å². The predicted molar refractivity (Wildman–Crippen MR) is 60.6 cm³/mol. The molecule has 0 aromatic carbocycles. The Hall–Kier alpha value is -1.43. The molecule has 0 aromatic rings. The molecule has 100 valence electrons. The van der Waals surface area contributed by atoms with Crippen LogP contribution in [-0.4, -0.2) is 46.5 Å². The number of rotatable bonds is 5. The van der Waals surface area contributed by atoms with E-state index in [1.165, 1.54) is 0 Å². The normalized spacial score (nSPS) is 28.6. The molecule has 2 rings (SSSR count). The molecule has 18 heavy (non-hydrogen) atoms. The largest absolute Gasteiger partial charge is 0.481 e. The lowest BCUT2D eigenvalue weighted by Gasteiger charge is -2.31.